The summed E-state index contributed by atoms with van der Waals surface area (Å²) in [7, 11) is 0. The highest BCUT2D eigenvalue weighted by molar-refractivity contribution is 9.10. The number of rotatable bonds is 5. The van der Waals surface area contributed by atoms with Gasteiger partial charge in [0.2, 0.25) is 0 Å². The standard InChI is InChI=1S/C14H20BrNO3/c1-14(2,3)19-13(17)16-9-4-10-18-12-7-5-11(15)6-8-12/h5-8H,4,9-10H2,1-3H3,(H,16,17). The third-order valence-corrected chi connectivity index (χ3v) is 2.60. The average molecular weight is 330 g/mol. The van der Waals surface area contributed by atoms with E-state index in [9.17, 15) is 4.79 Å². The van der Waals surface area contributed by atoms with Gasteiger partial charge in [0.05, 0.1) is 6.61 Å². The molecule has 1 rings (SSSR count). The zero-order chi connectivity index (χ0) is 14.3. The Kier molecular flexibility index (Phi) is 6.15. The summed E-state index contributed by atoms with van der Waals surface area (Å²) in [6, 6.07) is 7.64. The van der Waals surface area contributed by atoms with Crippen LogP contribution in [0, 0.1) is 0 Å². The summed E-state index contributed by atoms with van der Waals surface area (Å²) >= 11 is 3.36. The summed E-state index contributed by atoms with van der Waals surface area (Å²) in [5.74, 6) is 0.820. The molecule has 0 aliphatic heterocycles. The molecule has 0 saturated heterocycles. The fourth-order valence-electron chi connectivity index (χ4n) is 1.30. The topological polar surface area (TPSA) is 47.6 Å². The summed E-state index contributed by atoms with van der Waals surface area (Å²) < 4.78 is 11.7. The number of hydrogen-bond donors (Lipinski definition) is 1. The van der Waals surface area contributed by atoms with Gasteiger partial charge in [-0.15, -0.1) is 0 Å². The van der Waals surface area contributed by atoms with E-state index >= 15 is 0 Å². The summed E-state index contributed by atoms with van der Waals surface area (Å²) in [4.78, 5) is 11.3. The number of halogens is 1. The van der Waals surface area contributed by atoms with Gasteiger partial charge >= 0.3 is 6.09 Å². The number of hydrogen-bond acceptors (Lipinski definition) is 3. The Hall–Kier alpha value is -1.23. The van der Waals surface area contributed by atoms with Crippen molar-refractivity contribution in [2.45, 2.75) is 32.8 Å². The van der Waals surface area contributed by atoms with Crippen molar-refractivity contribution in [2.24, 2.45) is 0 Å². The monoisotopic (exact) mass is 329 g/mol. The van der Waals surface area contributed by atoms with E-state index in [1.807, 2.05) is 45.0 Å². The Bertz CT molecular complexity index is 398. The van der Waals surface area contributed by atoms with Gasteiger partial charge in [-0.1, -0.05) is 15.9 Å². The first-order chi connectivity index (χ1) is 8.87. The predicted octanol–water partition coefficient (Wildman–Crippen LogP) is 3.74. The van der Waals surface area contributed by atoms with E-state index in [1.165, 1.54) is 0 Å². The fourth-order valence-corrected chi connectivity index (χ4v) is 1.56. The van der Waals surface area contributed by atoms with E-state index in [4.69, 9.17) is 9.47 Å². The van der Waals surface area contributed by atoms with Gasteiger partial charge in [0, 0.05) is 11.0 Å². The van der Waals surface area contributed by atoms with Crippen molar-refractivity contribution >= 4 is 22.0 Å². The summed E-state index contributed by atoms with van der Waals surface area (Å²) in [5.41, 5.74) is -0.460. The maximum absolute atomic E-state index is 11.3. The molecule has 5 heteroatoms. The first-order valence-corrected chi connectivity index (χ1v) is 7.01. The van der Waals surface area contributed by atoms with E-state index in [-0.39, 0.29) is 0 Å². The quantitative estimate of drug-likeness (QED) is 0.837. The van der Waals surface area contributed by atoms with Crippen LogP contribution in [0.1, 0.15) is 27.2 Å². The number of benzene rings is 1. The maximum Gasteiger partial charge on any atom is 0.407 e. The lowest BCUT2D eigenvalue weighted by Gasteiger charge is -2.19. The molecule has 1 aromatic rings. The van der Waals surface area contributed by atoms with Gasteiger partial charge in [0.1, 0.15) is 11.4 Å². The van der Waals surface area contributed by atoms with Crippen LogP contribution in [0.3, 0.4) is 0 Å². The van der Waals surface area contributed by atoms with Crippen LogP contribution < -0.4 is 10.1 Å². The van der Waals surface area contributed by atoms with Gasteiger partial charge in [-0.25, -0.2) is 4.79 Å². The Labute approximate surface area is 122 Å². The normalized spacial score (nSPS) is 10.9. The molecule has 0 fully saturated rings. The minimum atomic E-state index is -0.460. The number of ether oxygens (including phenoxy) is 2. The zero-order valence-corrected chi connectivity index (χ0v) is 13.1. The van der Waals surface area contributed by atoms with Crippen LogP contribution in [0.4, 0.5) is 4.79 Å². The largest absolute Gasteiger partial charge is 0.494 e. The highest BCUT2D eigenvalue weighted by Gasteiger charge is 2.15. The van der Waals surface area contributed by atoms with Crippen molar-refractivity contribution in [3.05, 3.63) is 28.7 Å². The van der Waals surface area contributed by atoms with E-state index < -0.39 is 11.7 Å². The van der Waals surface area contributed by atoms with E-state index in [0.717, 1.165) is 16.6 Å². The van der Waals surface area contributed by atoms with E-state index in [0.29, 0.717) is 13.2 Å². The number of carbonyl (C=O) groups is 1. The lowest BCUT2D eigenvalue weighted by atomic mass is 10.2. The molecule has 0 aliphatic rings. The molecule has 0 radical (unpaired) electrons. The summed E-state index contributed by atoms with van der Waals surface area (Å²) in [5, 5.41) is 2.69. The smallest absolute Gasteiger partial charge is 0.407 e. The minimum absolute atomic E-state index is 0.392. The van der Waals surface area contributed by atoms with Crippen LogP contribution >= 0.6 is 15.9 Å². The third kappa shape index (κ3) is 7.72. The molecule has 0 unspecified atom stereocenters. The van der Waals surface area contributed by atoms with E-state index in [2.05, 4.69) is 21.2 Å². The van der Waals surface area contributed by atoms with Gasteiger partial charge < -0.3 is 14.8 Å². The number of carbonyl (C=O) groups excluding carboxylic acids is 1. The van der Waals surface area contributed by atoms with Crippen molar-refractivity contribution < 1.29 is 14.3 Å². The molecule has 1 aromatic carbocycles. The Morgan fingerprint density at radius 3 is 2.47 bits per heavy atom. The number of amides is 1. The van der Waals surface area contributed by atoms with Crippen LogP contribution in [0.15, 0.2) is 28.7 Å². The second-order valence-electron chi connectivity index (χ2n) is 5.08. The molecule has 106 valence electrons. The van der Waals surface area contributed by atoms with Crippen molar-refractivity contribution in [1.29, 1.82) is 0 Å². The molecule has 1 amide bonds. The second kappa shape index (κ2) is 7.38. The van der Waals surface area contributed by atoms with Gasteiger partial charge in [-0.2, -0.15) is 0 Å². The first-order valence-electron chi connectivity index (χ1n) is 6.22. The first kappa shape index (κ1) is 15.8. The molecule has 0 bridgehead atoms. The molecule has 0 aromatic heterocycles. The molecule has 0 aliphatic carbocycles. The SMILES string of the molecule is CC(C)(C)OC(=O)NCCCOc1ccc(Br)cc1. The Balaban J connectivity index is 2.11. The predicted molar refractivity (Wildman–Crippen MR) is 78.5 cm³/mol. The van der Waals surface area contributed by atoms with Crippen LogP contribution in [0.5, 0.6) is 5.75 Å². The molecule has 19 heavy (non-hydrogen) atoms. The second-order valence-corrected chi connectivity index (χ2v) is 6.00. The van der Waals surface area contributed by atoms with Gasteiger partial charge in [-0.05, 0) is 51.5 Å². The van der Waals surface area contributed by atoms with Crippen molar-refractivity contribution in [3.63, 3.8) is 0 Å². The molecule has 0 spiro atoms. The summed E-state index contributed by atoms with van der Waals surface area (Å²) in [6.07, 6.45) is 0.339. The fraction of sp³-hybridized carbons (Fsp3) is 0.500. The zero-order valence-electron chi connectivity index (χ0n) is 11.5. The van der Waals surface area contributed by atoms with Crippen LogP contribution in [-0.2, 0) is 4.74 Å². The van der Waals surface area contributed by atoms with Gasteiger partial charge in [-0.3, -0.25) is 0 Å². The van der Waals surface area contributed by atoms with Crippen molar-refractivity contribution in [1.82, 2.24) is 5.32 Å². The maximum atomic E-state index is 11.3. The molecule has 0 heterocycles. The van der Waals surface area contributed by atoms with Crippen LogP contribution in [0.2, 0.25) is 0 Å². The lowest BCUT2D eigenvalue weighted by Crippen LogP contribution is -2.33. The van der Waals surface area contributed by atoms with Crippen LogP contribution in [0.25, 0.3) is 0 Å². The number of alkyl carbamates (subject to hydrolysis) is 1. The Morgan fingerprint density at radius 1 is 1.26 bits per heavy atom. The van der Waals surface area contributed by atoms with E-state index in [1.54, 1.807) is 0 Å². The van der Waals surface area contributed by atoms with Crippen molar-refractivity contribution in [2.75, 3.05) is 13.2 Å². The summed E-state index contributed by atoms with van der Waals surface area (Å²) in [6.45, 7) is 6.60. The lowest BCUT2D eigenvalue weighted by molar-refractivity contribution is 0.0525. The van der Waals surface area contributed by atoms with Crippen LogP contribution in [-0.4, -0.2) is 24.8 Å². The van der Waals surface area contributed by atoms with Gasteiger partial charge in [0.15, 0.2) is 0 Å². The molecular weight excluding hydrogens is 310 g/mol. The molecule has 0 saturated carbocycles. The highest BCUT2D eigenvalue weighted by Crippen LogP contribution is 2.16. The highest BCUT2D eigenvalue weighted by atomic mass is 79.9. The molecule has 0 atom stereocenters. The Morgan fingerprint density at radius 2 is 1.89 bits per heavy atom. The molecule has 4 nitrogen and oxygen atoms in total. The van der Waals surface area contributed by atoms with Gasteiger partial charge in [0.25, 0.3) is 0 Å². The third-order valence-electron chi connectivity index (χ3n) is 2.07. The molecular formula is C14H20BrNO3. The molecule has 1 N–H and O–H groups in total. The number of nitrogens with one attached hydrogen (secondary N) is 1. The van der Waals surface area contributed by atoms with Crippen molar-refractivity contribution in [3.8, 4) is 5.75 Å². The minimum Gasteiger partial charge on any atom is -0.494 e. The average Bonchev–Trinajstić information content (AvgIpc) is 2.29.